The second-order valence-corrected chi connectivity index (χ2v) is 5.06. The fourth-order valence-corrected chi connectivity index (χ4v) is 1.85. The summed E-state index contributed by atoms with van der Waals surface area (Å²) in [6.07, 6.45) is 1.55. The van der Waals surface area contributed by atoms with Gasteiger partial charge >= 0.3 is 0 Å². The lowest BCUT2D eigenvalue weighted by atomic mass is 10.2. The van der Waals surface area contributed by atoms with Gasteiger partial charge in [0, 0.05) is 12.6 Å². The van der Waals surface area contributed by atoms with Gasteiger partial charge in [-0.05, 0) is 27.7 Å². The molecule has 1 atom stereocenters. The number of nitrogens with one attached hydrogen (secondary N) is 4. The van der Waals surface area contributed by atoms with E-state index in [-0.39, 0.29) is 11.9 Å². The number of anilines is 2. The second kappa shape index (κ2) is 6.38. The number of H-pyrrole nitrogens is 1. The molecule has 2 aromatic heterocycles. The number of carbonyl (C=O) groups excluding carboxylic acids is 1. The average Bonchev–Trinajstić information content (AvgIpc) is 2.86. The largest absolute Gasteiger partial charge is 0.357 e. The summed E-state index contributed by atoms with van der Waals surface area (Å²) in [7, 11) is 0. The first-order chi connectivity index (χ1) is 10.0. The van der Waals surface area contributed by atoms with Gasteiger partial charge in [0.25, 0.3) is 0 Å². The highest BCUT2D eigenvalue weighted by Gasteiger charge is 2.17. The van der Waals surface area contributed by atoms with Crippen molar-refractivity contribution >= 4 is 28.8 Å². The lowest BCUT2D eigenvalue weighted by Gasteiger charge is -2.17. The van der Waals surface area contributed by atoms with Crippen LogP contribution in [-0.4, -0.2) is 44.5 Å². The third-order valence-corrected chi connectivity index (χ3v) is 2.80. The molecule has 0 bridgehead atoms. The van der Waals surface area contributed by atoms with E-state index in [9.17, 15) is 4.79 Å². The highest BCUT2D eigenvalue weighted by Crippen LogP contribution is 2.19. The molecule has 0 saturated heterocycles. The number of aromatic amines is 1. The zero-order chi connectivity index (χ0) is 15.4. The van der Waals surface area contributed by atoms with Crippen LogP contribution in [0, 0.1) is 0 Å². The van der Waals surface area contributed by atoms with E-state index in [0.717, 1.165) is 0 Å². The van der Waals surface area contributed by atoms with Crippen molar-refractivity contribution in [3.8, 4) is 0 Å². The smallest absolute Gasteiger partial charge is 0.242 e. The maximum Gasteiger partial charge on any atom is 0.242 e. The Morgan fingerprint density at radius 1 is 1.33 bits per heavy atom. The molecule has 0 aliphatic carbocycles. The molecule has 2 heterocycles. The van der Waals surface area contributed by atoms with Crippen LogP contribution >= 0.6 is 0 Å². The number of carbonyl (C=O) groups is 1. The number of aromatic nitrogens is 4. The maximum atomic E-state index is 12.0. The monoisotopic (exact) mass is 291 g/mol. The Morgan fingerprint density at radius 3 is 2.76 bits per heavy atom. The van der Waals surface area contributed by atoms with Crippen molar-refractivity contribution in [2.45, 2.75) is 39.8 Å². The van der Waals surface area contributed by atoms with Crippen LogP contribution in [0.3, 0.4) is 0 Å². The summed E-state index contributed by atoms with van der Waals surface area (Å²) in [6.45, 7) is 8.30. The van der Waals surface area contributed by atoms with E-state index in [4.69, 9.17) is 0 Å². The van der Waals surface area contributed by atoms with Crippen LogP contribution in [0.4, 0.5) is 11.8 Å². The second-order valence-electron chi connectivity index (χ2n) is 5.06. The van der Waals surface area contributed by atoms with E-state index in [1.807, 2.05) is 20.8 Å². The molecule has 0 saturated carbocycles. The molecule has 0 fully saturated rings. The zero-order valence-corrected chi connectivity index (χ0v) is 12.7. The first kappa shape index (κ1) is 15.0. The summed E-state index contributed by atoms with van der Waals surface area (Å²) >= 11 is 0. The Morgan fingerprint density at radius 2 is 2.10 bits per heavy atom. The standard InChI is InChI=1S/C13H21N7O/c1-5-14-13-19-10-9(15-6-16-10)11(20-13)18-8(4)12(21)17-7(2)3/h6-8H,5H2,1-4H3,(H,17,21)(H3,14,15,16,18,19,20). The molecule has 0 radical (unpaired) electrons. The van der Waals surface area contributed by atoms with E-state index in [0.29, 0.717) is 29.5 Å². The Kier molecular flexibility index (Phi) is 4.56. The molecule has 0 aromatic carbocycles. The normalized spacial score (nSPS) is 12.4. The summed E-state index contributed by atoms with van der Waals surface area (Å²) < 4.78 is 0. The molecule has 8 nitrogen and oxygen atoms in total. The number of nitrogens with zero attached hydrogens (tertiary/aromatic N) is 3. The highest BCUT2D eigenvalue weighted by molar-refractivity contribution is 5.89. The van der Waals surface area contributed by atoms with Crippen molar-refractivity contribution in [3.05, 3.63) is 6.33 Å². The van der Waals surface area contributed by atoms with Crippen molar-refractivity contribution in [1.29, 1.82) is 0 Å². The van der Waals surface area contributed by atoms with E-state index >= 15 is 0 Å². The quantitative estimate of drug-likeness (QED) is 0.635. The van der Waals surface area contributed by atoms with Crippen LogP contribution in [0.5, 0.6) is 0 Å². The Bertz CT molecular complexity index is 622. The molecule has 114 valence electrons. The molecule has 4 N–H and O–H groups in total. The molecule has 0 aliphatic heterocycles. The summed E-state index contributed by atoms with van der Waals surface area (Å²) in [5.74, 6) is 0.956. The van der Waals surface area contributed by atoms with E-state index in [2.05, 4.69) is 35.9 Å². The minimum atomic E-state index is -0.414. The predicted octanol–water partition coefficient (Wildman–Crippen LogP) is 1.11. The lowest BCUT2D eigenvalue weighted by Crippen LogP contribution is -2.41. The topological polar surface area (TPSA) is 108 Å². The van der Waals surface area contributed by atoms with Crippen molar-refractivity contribution < 1.29 is 4.79 Å². The fraction of sp³-hybridized carbons (Fsp3) is 0.538. The first-order valence-corrected chi connectivity index (χ1v) is 7.03. The van der Waals surface area contributed by atoms with Gasteiger partial charge in [0.1, 0.15) is 11.6 Å². The number of amides is 1. The summed E-state index contributed by atoms with van der Waals surface area (Å²) in [5.41, 5.74) is 1.24. The minimum absolute atomic E-state index is 0.0821. The molecule has 0 spiro atoms. The van der Waals surface area contributed by atoms with Gasteiger partial charge in [-0.25, -0.2) is 4.98 Å². The number of hydrogen-bond donors (Lipinski definition) is 4. The molecule has 8 heteroatoms. The van der Waals surface area contributed by atoms with Crippen LogP contribution in [0.15, 0.2) is 6.33 Å². The number of fused-ring (bicyclic) bond motifs is 1. The summed E-state index contributed by atoms with van der Waals surface area (Å²) in [6, 6.07) is -0.320. The molecule has 2 rings (SSSR count). The van der Waals surface area contributed by atoms with Gasteiger partial charge in [-0.2, -0.15) is 9.97 Å². The van der Waals surface area contributed by atoms with Gasteiger partial charge < -0.3 is 20.9 Å². The van der Waals surface area contributed by atoms with Crippen molar-refractivity contribution in [3.63, 3.8) is 0 Å². The van der Waals surface area contributed by atoms with Crippen LogP contribution in [0.2, 0.25) is 0 Å². The van der Waals surface area contributed by atoms with Crippen molar-refractivity contribution in [2.24, 2.45) is 0 Å². The average molecular weight is 291 g/mol. The summed E-state index contributed by atoms with van der Waals surface area (Å²) in [5, 5.41) is 9.01. The van der Waals surface area contributed by atoms with E-state index < -0.39 is 6.04 Å². The molecule has 1 unspecified atom stereocenters. The van der Waals surface area contributed by atoms with E-state index in [1.165, 1.54) is 0 Å². The molecule has 21 heavy (non-hydrogen) atoms. The Balaban J connectivity index is 2.23. The first-order valence-electron chi connectivity index (χ1n) is 7.03. The zero-order valence-electron chi connectivity index (χ0n) is 12.7. The van der Waals surface area contributed by atoms with Crippen molar-refractivity contribution in [1.82, 2.24) is 25.3 Å². The maximum absolute atomic E-state index is 12.0. The van der Waals surface area contributed by atoms with Crippen molar-refractivity contribution in [2.75, 3.05) is 17.2 Å². The number of imidazole rings is 1. The fourth-order valence-electron chi connectivity index (χ4n) is 1.85. The number of rotatable bonds is 6. The number of hydrogen-bond acceptors (Lipinski definition) is 6. The minimum Gasteiger partial charge on any atom is -0.357 e. The van der Waals surface area contributed by atoms with Gasteiger partial charge in [-0.15, -0.1) is 0 Å². The van der Waals surface area contributed by atoms with Gasteiger partial charge in [0.2, 0.25) is 11.9 Å². The summed E-state index contributed by atoms with van der Waals surface area (Å²) in [4.78, 5) is 27.8. The third kappa shape index (κ3) is 3.59. The highest BCUT2D eigenvalue weighted by atomic mass is 16.2. The van der Waals surface area contributed by atoms with Gasteiger partial charge in [0.05, 0.1) is 6.33 Å². The molecular weight excluding hydrogens is 270 g/mol. The predicted molar refractivity (Wildman–Crippen MR) is 82.2 cm³/mol. The Hall–Kier alpha value is -2.38. The van der Waals surface area contributed by atoms with Crippen LogP contribution in [0.1, 0.15) is 27.7 Å². The van der Waals surface area contributed by atoms with Gasteiger partial charge in [0.15, 0.2) is 11.5 Å². The van der Waals surface area contributed by atoms with Gasteiger partial charge in [-0.1, -0.05) is 0 Å². The molecule has 1 amide bonds. The van der Waals surface area contributed by atoms with Crippen LogP contribution in [0.25, 0.3) is 11.2 Å². The van der Waals surface area contributed by atoms with Crippen LogP contribution in [-0.2, 0) is 4.79 Å². The van der Waals surface area contributed by atoms with Gasteiger partial charge in [-0.3, -0.25) is 4.79 Å². The third-order valence-electron chi connectivity index (χ3n) is 2.80. The van der Waals surface area contributed by atoms with Crippen LogP contribution < -0.4 is 16.0 Å². The van der Waals surface area contributed by atoms with E-state index in [1.54, 1.807) is 13.3 Å². The molecule has 2 aromatic rings. The lowest BCUT2D eigenvalue weighted by molar-refractivity contribution is -0.122. The molecular formula is C13H21N7O. The molecule has 0 aliphatic rings. The Labute approximate surface area is 123 Å². The SMILES string of the molecule is CCNc1nc(NC(C)C(=O)NC(C)C)c2[nH]cnc2n1.